The van der Waals surface area contributed by atoms with Crippen molar-refractivity contribution in [2.45, 2.75) is 6.04 Å². The van der Waals surface area contributed by atoms with Gasteiger partial charge in [-0.15, -0.1) is 0 Å². The molecule has 0 aliphatic carbocycles. The van der Waals surface area contributed by atoms with Crippen molar-refractivity contribution in [1.29, 1.82) is 5.26 Å². The van der Waals surface area contributed by atoms with E-state index < -0.39 is 17.9 Å². The van der Waals surface area contributed by atoms with Crippen LogP contribution in [0, 0.1) is 17.1 Å². The highest BCUT2D eigenvalue weighted by atomic mass is 19.1. The van der Waals surface area contributed by atoms with E-state index in [-0.39, 0.29) is 12.2 Å². The molecule has 1 aliphatic rings. The summed E-state index contributed by atoms with van der Waals surface area (Å²) in [7, 11) is 0. The number of rotatable bonds is 2. The number of nitriles is 1. The normalized spacial score (nSPS) is 17.1. The standard InChI is InChI=1S/C19H13FN4O/c20-16-7-3-4-8-17(16)23-12-14(9-21)24(19(23)25)18-11-22-10-13-5-1-2-6-15(13)18/h1-8,10-11,14H,12H2. The Hall–Kier alpha value is -3.46. The number of para-hydroxylation sites is 1. The van der Waals surface area contributed by atoms with Gasteiger partial charge < -0.3 is 0 Å². The molecule has 1 unspecified atom stereocenters. The van der Waals surface area contributed by atoms with E-state index in [1.807, 2.05) is 24.3 Å². The van der Waals surface area contributed by atoms with Gasteiger partial charge in [-0.1, -0.05) is 36.4 Å². The van der Waals surface area contributed by atoms with Gasteiger partial charge in [-0.3, -0.25) is 14.8 Å². The van der Waals surface area contributed by atoms with E-state index in [0.717, 1.165) is 10.8 Å². The molecule has 4 rings (SSSR count). The number of pyridine rings is 1. The van der Waals surface area contributed by atoms with Crippen LogP contribution in [0.4, 0.5) is 20.6 Å². The summed E-state index contributed by atoms with van der Waals surface area (Å²) in [5.41, 5.74) is 0.719. The van der Waals surface area contributed by atoms with Gasteiger partial charge in [-0.25, -0.2) is 9.18 Å². The lowest BCUT2D eigenvalue weighted by Gasteiger charge is -2.21. The number of hydrogen-bond acceptors (Lipinski definition) is 3. The summed E-state index contributed by atoms with van der Waals surface area (Å²) in [5.74, 6) is -0.495. The molecule has 2 heterocycles. The van der Waals surface area contributed by atoms with Gasteiger partial charge in [0.05, 0.1) is 30.2 Å². The Morgan fingerprint density at radius 3 is 2.64 bits per heavy atom. The number of amides is 2. The van der Waals surface area contributed by atoms with Gasteiger partial charge in [0, 0.05) is 17.0 Å². The van der Waals surface area contributed by atoms with Crippen molar-refractivity contribution < 1.29 is 9.18 Å². The minimum atomic E-state index is -0.722. The van der Waals surface area contributed by atoms with E-state index in [0.29, 0.717) is 5.69 Å². The molecule has 25 heavy (non-hydrogen) atoms. The van der Waals surface area contributed by atoms with Crippen LogP contribution in [0.1, 0.15) is 0 Å². The first-order chi connectivity index (χ1) is 12.2. The third kappa shape index (κ3) is 2.37. The quantitative estimate of drug-likeness (QED) is 0.719. The summed E-state index contributed by atoms with van der Waals surface area (Å²) in [5, 5.41) is 11.2. The highest BCUT2D eigenvalue weighted by Gasteiger charge is 2.40. The molecular weight excluding hydrogens is 319 g/mol. The molecule has 0 N–H and O–H groups in total. The van der Waals surface area contributed by atoms with Crippen LogP contribution < -0.4 is 9.80 Å². The maximum atomic E-state index is 14.1. The second-order valence-electron chi connectivity index (χ2n) is 5.74. The van der Waals surface area contributed by atoms with Gasteiger partial charge in [0.15, 0.2) is 0 Å². The molecule has 0 spiro atoms. The van der Waals surface area contributed by atoms with E-state index >= 15 is 0 Å². The zero-order chi connectivity index (χ0) is 17.4. The van der Waals surface area contributed by atoms with E-state index in [4.69, 9.17) is 0 Å². The molecule has 0 saturated carbocycles. The summed E-state index contributed by atoms with van der Waals surface area (Å²) in [6.07, 6.45) is 3.27. The molecule has 2 amide bonds. The van der Waals surface area contributed by atoms with Gasteiger partial charge in [0.2, 0.25) is 0 Å². The van der Waals surface area contributed by atoms with E-state index in [2.05, 4.69) is 11.1 Å². The average Bonchev–Trinajstić information content (AvgIpc) is 2.98. The Kier molecular flexibility index (Phi) is 3.55. The molecule has 1 saturated heterocycles. The molecule has 0 bridgehead atoms. The molecule has 0 radical (unpaired) electrons. The lowest BCUT2D eigenvalue weighted by molar-refractivity contribution is 0.255. The Labute approximate surface area is 143 Å². The van der Waals surface area contributed by atoms with Crippen LogP contribution in [-0.4, -0.2) is 23.6 Å². The van der Waals surface area contributed by atoms with Crippen molar-refractivity contribution in [2.75, 3.05) is 16.3 Å². The van der Waals surface area contributed by atoms with Gasteiger partial charge >= 0.3 is 6.03 Å². The van der Waals surface area contributed by atoms with Crippen LogP contribution in [0.3, 0.4) is 0 Å². The first-order valence-corrected chi connectivity index (χ1v) is 7.78. The number of carbonyl (C=O) groups excluding carboxylic acids is 1. The first-order valence-electron chi connectivity index (χ1n) is 7.78. The zero-order valence-electron chi connectivity index (χ0n) is 13.1. The van der Waals surface area contributed by atoms with E-state index in [1.165, 1.54) is 21.9 Å². The number of benzene rings is 2. The van der Waals surface area contributed by atoms with Crippen molar-refractivity contribution in [3.8, 4) is 6.07 Å². The number of urea groups is 1. The summed E-state index contributed by atoms with van der Waals surface area (Å²) in [6.45, 7) is 0.0967. The van der Waals surface area contributed by atoms with Crippen LogP contribution in [0.25, 0.3) is 10.8 Å². The minimum absolute atomic E-state index is 0.0967. The maximum absolute atomic E-state index is 14.1. The summed E-state index contributed by atoms with van der Waals surface area (Å²) in [6, 6.07) is 14.6. The maximum Gasteiger partial charge on any atom is 0.330 e. The second-order valence-corrected chi connectivity index (χ2v) is 5.74. The summed E-state index contributed by atoms with van der Waals surface area (Å²) >= 11 is 0. The van der Waals surface area contributed by atoms with E-state index in [1.54, 1.807) is 24.5 Å². The number of halogens is 1. The summed E-state index contributed by atoms with van der Waals surface area (Å²) < 4.78 is 14.1. The van der Waals surface area contributed by atoms with Crippen LogP contribution in [0.5, 0.6) is 0 Å². The van der Waals surface area contributed by atoms with Gasteiger partial charge in [0.25, 0.3) is 0 Å². The smallest absolute Gasteiger partial charge is 0.288 e. The van der Waals surface area contributed by atoms with E-state index in [9.17, 15) is 14.4 Å². The topological polar surface area (TPSA) is 60.2 Å². The molecule has 3 aromatic rings. The third-order valence-electron chi connectivity index (χ3n) is 4.30. The number of aromatic nitrogens is 1. The van der Waals surface area contributed by atoms with Gasteiger partial charge in [-0.05, 0) is 12.1 Å². The molecule has 1 aliphatic heterocycles. The minimum Gasteiger partial charge on any atom is -0.288 e. The lowest BCUT2D eigenvalue weighted by atomic mass is 10.1. The molecule has 1 aromatic heterocycles. The fourth-order valence-electron chi connectivity index (χ4n) is 3.13. The molecule has 1 fully saturated rings. The zero-order valence-corrected chi connectivity index (χ0v) is 13.1. The van der Waals surface area contributed by atoms with Gasteiger partial charge in [0.1, 0.15) is 11.9 Å². The molecule has 2 aromatic carbocycles. The summed E-state index contributed by atoms with van der Waals surface area (Å²) in [4.78, 5) is 19.8. The molecule has 1 atom stereocenters. The van der Waals surface area contributed by atoms with Crippen molar-refractivity contribution in [3.05, 3.63) is 66.7 Å². The first kappa shape index (κ1) is 15.1. The highest BCUT2D eigenvalue weighted by Crippen LogP contribution is 2.33. The monoisotopic (exact) mass is 332 g/mol. The average molecular weight is 332 g/mol. The second kappa shape index (κ2) is 5.87. The van der Waals surface area contributed by atoms with Crippen molar-refractivity contribution in [2.24, 2.45) is 0 Å². The molecular formula is C19H13FN4O. The molecule has 5 nitrogen and oxygen atoms in total. The number of anilines is 2. The predicted octanol–water partition coefficient (Wildman–Crippen LogP) is 3.71. The Morgan fingerprint density at radius 2 is 1.84 bits per heavy atom. The Balaban J connectivity index is 1.83. The molecule has 6 heteroatoms. The fourth-order valence-corrected chi connectivity index (χ4v) is 3.13. The van der Waals surface area contributed by atoms with Crippen molar-refractivity contribution in [3.63, 3.8) is 0 Å². The number of carbonyl (C=O) groups is 1. The fraction of sp³-hybridized carbons (Fsp3) is 0.105. The predicted molar refractivity (Wildman–Crippen MR) is 92.8 cm³/mol. The van der Waals surface area contributed by atoms with Crippen LogP contribution in [0.2, 0.25) is 0 Å². The van der Waals surface area contributed by atoms with Crippen LogP contribution in [0.15, 0.2) is 60.9 Å². The van der Waals surface area contributed by atoms with Crippen LogP contribution >= 0.6 is 0 Å². The van der Waals surface area contributed by atoms with Crippen molar-refractivity contribution in [1.82, 2.24) is 4.98 Å². The Morgan fingerprint density at radius 1 is 1.08 bits per heavy atom. The lowest BCUT2D eigenvalue weighted by Crippen LogP contribution is -2.34. The number of nitrogens with zero attached hydrogens (tertiary/aromatic N) is 4. The number of fused-ring (bicyclic) bond motifs is 1. The molecule has 122 valence electrons. The van der Waals surface area contributed by atoms with Crippen LogP contribution in [-0.2, 0) is 0 Å². The SMILES string of the molecule is N#CC1CN(c2ccccc2F)C(=O)N1c1cncc2ccccc12. The largest absolute Gasteiger partial charge is 0.330 e. The number of hydrogen-bond donors (Lipinski definition) is 0. The Bertz CT molecular complexity index is 1010. The highest BCUT2D eigenvalue weighted by molar-refractivity contribution is 6.11. The van der Waals surface area contributed by atoms with Crippen molar-refractivity contribution >= 4 is 28.2 Å². The van der Waals surface area contributed by atoms with Gasteiger partial charge in [-0.2, -0.15) is 5.26 Å². The third-order valence-corrected chi connectivity index (χ3v) is 4.30.